The van der Waals surface area contributed by atoms with Gasteiger partial charge in [-0.2, -0.15) is 0 Å². The van der Waals surface area contributed by atoms with Crippen LogP contribution in [-0.2, 0) is 0 Å². The van der Waals surface area contributed by atoms with E-state index in [2.05, 4.69) is 42.3 Å². The van der Waals surface area contributed by atoms with Crippen LogP contribution >= 0.6 is 24.8 Å². The zero-order valence-corrected chi connectivity index (χ0v) is 17.2. The molecular formula is C21H30Cl2N2O. The van der Waals surface area contributed by atoms with Gasteiger partial charge in [-0.1, -0.05) is 50.6 Å². The van der Waals surface area contributed by atoms with E-state index >= 15 is 0 Å². The van der Waals surface area contributed by atoms with Crippen molar-refractivity contribution >= 4 is 24.8 Å². The molecule has 3 nitrogen and oxygen atoms in total. The number of para-hydroxylation sites is 1. The summed E-state index contributed by atoms with van der Waals surface area (Å²) in [4.78, 5) is 2.62. The van der Waals surface area contributed by atoms with Crippen LogP contribution in [0.5, 0.6) is 11.5 Å². The summed E-state index contributed by atoms with van der Waals surface area (Å²) < 4.78 is 6.04. The van der Waals surface area contributed by atoms with E-state index in [0.717, 1.165) is 37.7 Å². The molecular weight excluding hydrogens is 367 g/mol. The lowest BCUT2D eigenvalue weighted by molar-refractivity contribution is 0.128. The Balaban J connectivity index is 0.00000169. The zero-order chi connectivity index (χ0) is 16.8. The van der Waals surface area contributed by atoms with Gasteiger partial charge in [0.05, 0.1) is 0 Å². The second-order valence-electron chi connectivity index (χ2n) is 6.60. The minimum Gasteiger partial charge on any atom is -0.457 e. The predicted octanol–water partition coefficient (Wildman–Crippen LogP) is 5.31. The van der Waals surface area contributed by atoms with Crippen molar-refractivity contribution in [2.24, 2.45) is 5.92 Å². The summed E-state index contributed by atoms with van der Waals surface area (Å²) in [6.45, 7) is 9.01. The summed E-state index contributed by atoms with van der Waals surface area (Å²) in [5, 5.41) is 3.46. The fraction of sp³-hybridized carbons (Fsp3) is 0.429. The molecule has 1 aliphatic rings. The monoisotopic (exact) mass is 396 g/mol. The van der Waals surface area contributed by atoms with Gasteiger partial charge in [0.2, 0.25) is 0 Å². The molecule has 0 aliphatic carbocycles. The number of piperazine rings is 1. The van der Waals surface area contributed by atoms with Gasteiger partial charge in [-0.25, -0.2) is 0 Å². The molecule has 1 N–H and O–H groups in total. The topological polar surface area (TPSA) is 24.5 Å². The number of hydrogen-bond donors (Lipinski definition) is 1. The molecule has 2 aromatic rings. The smallest absolute Gasteiger partial charge is 0.127 e. The fourth-order valence-electron chi connectivity index (χ4n) is 3.47. The number of hydrogen-bond acceptors (Lipinski definition) is 3. The molecule has 0 bridgehead atoms. The SMILES string of the molecule is CCC(C)[C@H](c1cccc(Oc2ccccc2)c1)N1CCNCC1.Cl.Cl. The van der Waals surface area contributed by atoms with Crippen molar-refractivity contribution in [2.45, 2.75) is 26.3 Å². The summed E-state index contributed by atoms with van der Waals surface area (Å²) in [5.41, 5.74) is 1.36. The van der Waals surface area contributed by atoms with Gasteiger partial charge in [0.1, 0.15) is 11.5 Å². The number of nitrogens with one attached hydrogen (secondary N) is 1. The molecule has 5 heteroatoms. The van der Waals surface area contributed by atoms with Crippen LogP contribution in [0, 0.1) is 5.92 Å². The lowest BCUT2D eigenvalue weighted by Crippen LogP contribution is -2.46. The Labute approximate surface area is 169 Å². The highest BCUT2D eigenvalue weighted by atomic mass is 35.5. The van der Waals surface area contributed by atoms with Crippen LogP contribution in [0.1, 0.15) is 31.9 Å². The van der Waals surface area contributed by atoms with Crippen LogP contribution < -0.4 is 10.1 Å². The van der Waals surface area contributed by atoms with E-state index in [1.807, 2.05) is 36.4 Å². The van der Waals surface area contributed by atoms with Gasteiger partial charge < -0.3 is 10.1 Å². The first-order valence-corrected chi connectivity index (χ1v) is 9.05. The molecule has 1 unspecified atom stereocenters. The van der Waals surface area contributed by atoms with Crippen LogP contribution in [0.4, 0.5) is 0 Å². The minimum absolute atomic E-state index is 0. The average molecular weight is 397 g/mol. The van der Waals surface area contributed by atoms with Crippen LogP contribution in [0.2, 0.25) is 0 Å². The molecule has 144 valence electrons. The molecule has 26 heavy (non-hydrogen) atoms. The molecule has 0 radical (unpaired) electrons. The Bertz CT molecular complexity index is 633. The molecule has 1 saturated heterocycles. The lowest BCUT2D eigenvalue weighted by Gasteiger charge is -2.38. The Hall–Kier alpha value is -1.26. The fourth-order valence-corrected chi connectivity index (χ4v) is 3.47. The lowest BCUT2D eigenvalue weighted by atomic mass is 9.90. The van der Waals surface area contributed by atoms with Gasteiger partial charge in [-0.05, 0) is 35.7 Å². The Morgan fingerprint density at radius 3 is 2.27 bits per heavy atom. The van der Waals surface area contributed by atoms with Crippen molar-refractivity contribution in [2.75, 3.05) is 26.2 Å². The van der Waals surface area contributed by atoms with Crippen LogP contribution in [0.15, 0.2) is 54.6 Å². The average Bonchev–Trinajstić information content (AvgIpc) is 2.64. The van der Waals surface area contributed by atoms with Gasteiger partial charge in [-0.3, -0.25) is 4.90 Å². The van der Waals surface area contributed by atoms with E-state index in [1.54, 1.807) is 0 Å². The van der Waals surface area contributed by atoms with Crippen molar-refractivity contribution in [1.82, 2.24) is 10.2 Å². The van der Waals surface area contributed by atoms with Crippen molar-refractivity contribution < 1.29 is 4.74 Å². The van der Waals surface area contributed by atoms with Crippen molar-refractivity contribution in [1.29, 1.82) is 0 Å². The number of halogens is 2. The van der Waals surface area contributed by atoms with Crippen molar-refractivity contribution in [3.05, 3.63) is 60.2 Å². The second-order valence-corrected chi connectivity index (χ2v) is 6.60. The third kappa shape index (κ3) is 5.88. The molecule has 1 heterocycles. The maximum Gasteiger partial charge on any atom is 0.127 e. The van der Waals surface area contributed by atoms with Gasteiger partial charge in [0.25, 0.3) is 0 Å². The third-order valence-corrected chi connectivity index (χ3v) is 4.91. The Morgan fingerprint density at radius 2 is 1.62 bits per heavy atom. The van der Waals surface area contributed by atoms with Gasteiger partial charge in [0.15, 0.2) is 0 Å². The molecule has 2 atom stereocenters. The van der Waals surface area contributed by atoms with E-state index < -0.39 is 0 Å². The molecule has 3 rings (SSSR count). The summed E-state index contributed by atoms with van der Waals surface area (Å²) in [7, 11) is 0. The van der Waals surface area contributed by atoms with Crippen LogP contribution in [0.25, 0.3) is 0 Å². The highest BCUT2D eigenvalue weighted by Gasteiger charge is 2.26. The quantitative estimate of drug-likeness (QED) is 0.715. The first kappa shape index (κ1) is 22.8. The molecule has 0 saturated carbocycles. The highest BCUT2D eigenvalue weighted by Crippen LogP contribution is 2.33. The zero-order valence-electron chi connectivity index (χ0n) is 15.6. The van der Waals surface area contributed by atoms with E-state index in [-0.39, 0.29) is 24.8 Å². The van der Waals surface area contributed by atoms with Gasteiger partial charge in [-0.15, -0.1) is 24.8 Å². The first-order valence-electron chi connectivity index (χ1n) is 9.05. The normalized spacial score (nSPS) is 16.7. The summed E-state index contributed by atoms with van der Waals surface area (Å²) >= 11 is 0. The minimum atomic E-state index is 0. The number of nitrogens with zero attached hydrogens (tertiary/aromatic N) is 1. The number of rotatable bonds is 6. The standard InChI is InChI=1S/C21H28N2O.2ClH/c1-3-17(2)21(23-14-12-22-13-15-23)18-8-7-11-20(16-18)24-19-9-5-4-6-10-19;;/h4-11,16-17,21-22H,3,12-15H2,1-2H3;2*1H/t17?,21-;;/m1../s1. The summed E-state index contributed by atoms with van der Waals surface area (Å²) in [6.07, 6.45) is 1.18. The maximum absolute atomic E-state index is 6.04. The van der Waals surface area contributed by atoms with Crippen molar-refractivity contribution in [3.63, 3.8) is 0 Å². The Morgan fingerprint density at radius 1 is 0.962 bits per heavy atom. The van der Waals surface area contributed by atoms with E-state index in [9.17, 15) is 0 Å². The second kappa shape index (κ2) is 11.5. The van der Waals surface area contributed by atoms with E-state index in [4.69, 9.17) is 4.74 Å². The molecule has 1 aliphatic heterocycles. The molecule has 0 aromatic heterocycles. The van der Waals surface area contributed by atoms with E-state index in [1.165, 1.54) is 12.0 Å². The van der Waals surface area contributed by atoms with Crippen LogP contribution in [0.3, 0.4) is 0 Å². The molecule has 2 aromatic carbocycles. The largest absolute Gasteiger partial charge is 0.457 e. The molecule has 1 fully saturated rings. The third-order valence-electron chi connectivity index (χ3n) is 4.91. The van der Waals surface area contributed by atoms with Crippen molar-refractivity contribution in [3.8, 4) is 11.5 Å². The van der Waals surface area contributed by atoms with Gasteiger partial charge in [0, 0.05) is 32.2 Å². The number of ether oxygens (including phenoxy) is 1. The maximum atomic E-state index is 6.04. The number of benzene rings is 2. The Kier molecular flexibility index (Phi) is 10.0. The first-order chi connectivity index (χ1) is 11.8. The van der Waals surface area contributed by atoms with Gasteiger partial charge >= 0.3 is 0 Å². The van der Waals surface area contributed by atoms with E-state index in [0.29, 0.717) is 12.0 Å². The van der Waals surface area contributed by atoms with Crippen LogP contribution in [-0.4, -0.2) is 31.1 Å². The summed E-state index contributed by atoms with van der Waals surface area (Å²) in [6, 6.07) is 19.1. The molecule has 0 amide bonds. The summed E-state index contributed by atoms with van der Waals surface area (Å²) in [5.74, 6) is 2.43. The molecule has 0 spiro atoms. The predicted molar refractivity (Wildman–Crippen MR) is 114 cm³/mol. The highest BCUT2D eigenvalue weighted by molar-refractivity contribution is 5.85.